The molecule has 0 aromatic carbocycles. The minimum atomic E-state index is 0.343. The highest BCUT2D eigenvalue weighted by Crippen LogP contribution is 2.44. The molecule has 2 unspecified atom stereocenters. The second kappa shape index (κ2) is 3.75. The van der Waals surface area contributed by atoms with E-state index in [9.17, 15) is 0 Å². The van der Waals surface area contributed by atoms with Gasteiger partial charge >= 0.3 is 0 Å². The topological polar surface area (TPSA) is 29.5 Å². The lowest BCUT2D eigenvalue weighted by atomic mass is 9.88. The van der Waals surface area contributed by atoms with Gasteiger partial charge in [0.1, 0.15) is 0 Å². The molecule has 1 aliphatic heterocycles. The predicted octanol–water partition coefficient (Wildman–Crippen LogP) is 1.57. The Hall–Kier alpha value is -0.0800. The van der Waals surface area contributed by atoms with E-state index < -0.39 is 0 Å². The number of aliphatic hydroxyl groups excluding tert-OH is 1. The molecule has 1 aliphatic carbocycles. The van der Waals surface area contributed by atoms with Crippen molar-refractivity contribution in [2.24, 2.45) is 11.8 Å². The van der Waals surface area contributed by atoms with E-state index in [0.29, 0.717) is 12.7 Å². The Kier molecular flexibility index (Phi) is 2.66. The molecule has 1 N–H and O–H groups in total. The predicted molar refractivity (Wildman–Crippen MR) is 46.9 cm³/mol. The number of ether oxygens (including phenoxy) is 1. The molecule has 0 bridgehead atoms. The summed E-state index contributed by atoms with van der Waals surface area (Å²) in [4.78, 5) is 0. The Labute approximate surface area is 73.9 Å². The van der Waals surface area contributed by atoms with E-state index in [1.165, 1.54) is 25.7 Å². The van der Waals surface area contributed by atoms with Crippen molar-refractivity contribution >= 4 is 0 Å². The maximum absolute atomic E-state index is 8.75. The molecule has 2 fully saturated rings. The summed E-state index contributed by atoms with van der Waals surface area (Å²) in [5, 5.41) is 8.75. The molecule has 2 aliphatic rings. The minimum absolute atomic E-state index is 0.343. The van der Waals surface area contributed by atoms with Crippen molar-refractivity contribution in [1.82, 2.24) is 0 Å². The van der Waals surface area contributed by atoms with Crippen LogP contribution < -0.4 is 0 Å². The molecule has 0 radical (unpaired) electrons. The first-order valence-corrected chi connectivity index (χ1v) is 5.14. The fraction of sp³-hybridized carbons (Fsp3) is 1.00. The largest absolute Gasteiger partial charge is 0.396 e. The van der Waals surface area contributed by atoms with E-state index in [4.69, 9.17) is 9.84 Å². The van der Waals surface area contributed by atoms with Gasteiger partial charge in [-0.2, -0.15) is 0 Å². The zero-order valence-electron chi connectivity index (χ0n) is 7.54. The van der Waals surface area contributed by atoms with Crippen LogP contribution >= 0.6 is 0 Å². The number of rotatable bonds is 5. The lowest BCUT2D eigenvalue weighted by Crippen LogP contribution is -2.35. The van der Waals surface area contributed by atoms with Crippen LogP contribution in [0, 0.1) is 11.8 Å². The molecule has 2 atom stereocenters. The van der Waals surface area contributed by atoms with Gasteiger partial charge in [-0.15, -0.1) is 0 Å². The summed E-state index contributed by atoms with van der Waals surface area (Å²) in [6, 6.07) is 0. The van der Waals surface area contributed by atoms with E-state index >= 15 is 0 Å². The van der Waals surface area contributed by atoms with Crippen molar-refractivity contribution in [2.75, 3.05) is 13.2 Å². The van der Waals surface area contributed by atoms with Gasteiger partial charge in [-0.3, -0.25) is 0 Å². The van der Waals surface area contributed by atoms with Crippen molar-refractivity contribution in [3.8, 4) is 0 Å². The summed E-state index contributed by atoms with van der Waals surface area (Å²) in [7, 11) is 0. The highest BCUT2D eigenvalue weighted by molar-refractivity contribution is 4.88. The Bertz CT molecular complexity index is 139. The monoisotopic (exact) mass is 170 g/mol. The van der Waals surface area contributed by atoms with Crippen LogP contribution in [0.3, 0.4) is 0 Å². The van der Waals surface area contributed by atoms with E-state index in [0.717, 1.165) is 24.9 Å². The first-order valence-electron chi connectivity index (χ1n) is 5.14. The minimum Gasteiger partial charge on any atom is -0.396 e. The summed E-state index contributed by atoms with van der Waals surface area (Å²) in [6.45, 7) is 1.31. The van der Waals surface area contributed by atoms with Crippen molar-refractivity contribution in [1.29, 1.82) is 0 Å². The Morgan fingerprint density at radius 2 is 2.08 bits per heavy atom. The molecule has 1 saturated heterocycles. The molecule has 0 amide bonds. The number of aliphatic hydroxyl groups is 1. The third kappa shape index (κ3) is 1.80. The van der Waals surface area contributed by atoms with Gasteiger partial charge in [0.15, 0.2) is 0 Å². The summed E-state index contributed by atoms with van der Waals surface area (Å²) >= 11 is 0. The number of hydrogen-bond donors (Lipinski definition) is 1. The zero-order chi connectivity index (χ0) is 8.39. The molecule has 2 rings (SSSR count). The van der Waals surface area contributed by atoms with Crippen LogP contribution in [0.1, 0.15) is 32.1 Å². The summed E-state index contributed by atoms with van der Waals surface area (Å²) in [5.74, 6) is 1.70. The van der Waals surface area contributed by atoms with Crippen molar-refractivity contribution in [3.05, 3.63) is 0 Å². The van der Waals surface area contributed by atoms with Crippen LogP contribution in [0.25, 0.3) is 0 Å². The molecule has 1 saturated carbocycles. The Morgan fingerprint density at radius 1 is 1.33 bits per heavy atom. The van der Waals surface area contributed by atoms with Gasteiger partial charge in [-0.05, 0) is 43.9 Å². The molecule has 2 nitrogen and oxygen atoms in total. The van der Waals surface area contributed by atoms with Crippen LogP contribution in [0.4, 0.5) is 0 Å². The van der Waals surface area contributed by atoms with Gasteiger partial charge in [0.2, 0.25) is 0 Å². The molecule has 70 valence electrons. The van der Waals surface area contributed by atoms with Gasteiger partial charge in [0.25, 0.3) is 0 Å². The van der Waals surface area contributed by atoms with E-state index in [1.807, 2.05) is 0 Å². The van der Waals surface area contributed by atoms with Gasteiger partial charge in [0.05, 0.1) is 6.10 Å². The summed E-state index contributed by atoms with van der Waals surface area (Å²) < 4.78 is 5.51. The molecule has 1 heterocycles. The molecule has 0 aromatic rings. The first kappa shape index (κ1) is 8.52. The highest BCUT2D eigenvalue weighted by atomic mass is 16.5. The van der Waals surface area contributed by atoms with Crippen molar-refractivity contribution < 1.29 is 9.84 Å². The van der Waals surface area contributed by atoms with Crippen LogP contribution in [-0.4, -0.2) is 24.4 Å². The van der Waals surface area contributed by atoms with Gasteiger partial charge in [0, 0.05) is 13.2 Å². The normalized spacial score (nSPS) is 31.2. The Morgan fingerprint density at radius 3 is 2.50 bits per heavy atom. The molecular formula is C10H18O2. The van der Waals surface area contributed by atoms with E-state index in [-0.39, 0.29) is 0 Å². The van der Waals surface area contributed by atoms with Crippen LogP contribution in [0.15, 0.2) is 0 Å². The molecular weight excluding hydrogens is 152 g/mol. The Balaban J connectivity index is 1.75. The second-order valence-electron chi connectivity index (χ2n) is 4.07. The molecule has 0 spiro atoms. The number of hydrogen-bond acceptors (Lipinski definition) is 2. The van der Waals surface area contributed by atoms with Gasteiger partial charge in [-0.1, -0.05) is 0 Å². The smallest absolute Gasteiger partial charge is 0.0627 e. The van der Waals surface area contributed by atoms with Crippen LogP contribution in [-0.2, 0) is 4.74 Å². The third-order valence-electron chi connectivity index (χ3n) is 3.13. The summed E-state index contributed by atoms with van der Waals surface area (Å²) in [5.41, 5.74) is 0. The first-order chi connectivity index (χ1) is 5.92. The fourth-order valence-electron chi connectivity index (χ4n) is 2.17. The standard InChI is InChI=1S/C10H18O2/c11-6-1-2-9(8-3-4-8)10-5-7-12-10/h8-11H,1-7H2. The quantitative estimate of drug-likeness (QED) is 0.678. The average molecular weight is 170 g/mol. The third-order valence-corrected chi connectivity index (χ3v) is 3.13. The summed E-state index contributed by atoms with van der Waals surface area (Å²) in [6.07, 6.45) is 6.73. The van der Waals surface area contributed by atoms with Crippen LogP contribution in [0.5, 0.6) is 0 Å². The zero-order valence-corrected chi connectivity index (χ0v) is 7.54. The van der Waals surface area contributed by atoms with E-state index in [2.05, 4.69) is 0 Å². The van der Waals surface area contributed by atoms with Crippen molar-refractivity contribution in [3.63, 3.8) is 0 Å². The van der Waals surface area contributed by atoms with E-state index in [1.54, 1.807) is 0 Å². The fourth-order valence-corrected chi connectivity index (χ4v) is 2.17. The molecule has 2 heteroatoms. The van der Waals surface area contributed by atoms with Crippen LogP contribution in [0.2, 0.25) is 0 Å². The van der Waals surface area contributed by atoms with Gasteiger partial charge in [-0.25, -0.2) is 0 Å². The lowest BCUT2D eigenvalue weighted by molar-refractivity contribution is -0.0925. The lowest BCUT2D eigenvalue weighted by Gasteiger charge is -2.34. The van der Waals surface area contributed by atoms with Gasteiger partial charge < -0.3 is 9.84 Å². The average Bonchev–Trinajstić information content (AvgIpc) is 2.75. The SMILES string of the molecule is OCCCC(C1CC1)C1CCO1. The maximum Gasteiger partial charge on any atom is 0.0627 e. The highest BCUT2D eigenvalue weighted by Gasteiger charge is 2.38. The van der Waals surface area contributed by atoms with Crippen molar-refractivity contribution in [2.45, 2.75) is 38.2 Å². The second-order valence-corrected chi connectivity index (χ2v) is 4.07. The molecule has 12 heavy (non-hydrogen) atoms. The maximum atomic E-state index is 8.75. The molecule has 0 aromatic heterocycles.